The van der Waals surface area contributed by atoms with E-state index in [0.717, 1.165) is 29.0 Å². The number of hydrogen-bond acceptors (Lipinski definition) is 5. The first-order chi connectivity index (χ1) is 13.2. The second-order valence-corrected chi connectivity index (χ2v) is 7.27. The smallest absolute Gasteiger partial charge is 0.241 e. The number of aryl methyl sites for hydroxylation is 1. The number of fused-ring (bicyclic) bond motifs is 1. The van der Waals surface area contributed by atoms with Gasteiger partial charge in [-0.25, -0.2) is 9.50 Å². The Labute approximate surface area is 159 Å². The van der Waals surface area contributed by atoms with Gasteiger partial charge in [0.1, 0.15) is 5.69 Å². The Balaban J connectivity index is 1.75. The topological polar surface area (TPSA) is 83.8 Å². The molecule has 0 spiro atoms. The van der Waals surface area contributed by atoms with E-state index in [2.05, 4.69) is 21.6 Å². The second kappa shape index (κ2) is 7.39. The summed E-state index contributed by atoms with van der Waals surface area (Å²) in [6.45, 7) is 4.82. The van der Waals surface area contributed by atoms with Gasteiger partial charge in [0, 0.05) is 24.0 Å². The summed E-state index contributed by atoms with van der Waals surface area (Å²) in [6.07, 6.45) is 9.27. The first-order valence-electron chi connectivity index (χ1n) is 9.73. The van der Waals surface area contributed by atoms with Gasteiger partial charge in [-0.3, -0.25) is 4.68 Å². The molecular weight excluding hydrogens is 338 g/mol. The molecule has 1 fully saturated rings. The molecule has 1 aliphatic rings. The number of anilines is 1. The molecule has 4 rings (SSSR count). The molecule has 1 saturated carbocycles. The molecular formula is C20H25N7. The first-order valence-corrected chi connectivity index (χ1v) is 9.73. The van der Waals surface area contributed by atoms with Crippen LogP contribution in [0.5, 0.6) is 0 Å². The van der Waals surface area contributed by atoms with Crippen molar-refractivity contribution in [1.82, 2.24) is 24.4 Å². The standard InChI is InChI=1S/C20H25N7/c1-3-22-20-24-19(18-9-8-14(2)27(18)25-20)16-12-23-26(13-16)17(10-11-21)15-6-4-5-7-15/h8-9,12-13,15,17H,3-7,10H2,1-2H3,(H,22,25). The molecule has 0 bridgehead atoms. The molecule has 1 N–H and O–H groups in total. The summed E-state index contributed by atoms with van der Waals surface area (Å²) in [7, 11) is 0. The summed E-state index contributed by atoms with van der Waals surface area (Å²) >= 11 is 0. The SMILES string of the molecule is CCNc1nc(-c2cnn(C(CC#N)C3CCCC3)c2)c2ccc(C)n2n1. The minimum atomic E-state index is 0.144. The van der Waals surface area contributed by atoms with Crippen molar-refractivity contribution < 1.29 is 0 Å². The highest BCUT2D eigenvalue weighted by atomic mass is 15.3. The summed E-state index contributed by atoms with van der Waals surface area (Å²) in [4.78, 5) is 4.73. The van der Waals surface area contributed by atoms with Crippen LogP contribution in [0.3, 0.4) is 0 Å². The third-order valence-electron chi connectivity index (χ3n) is 5.49. The lowest BCUT2D eigenvalue weighted by atomic mass is 9.96. The minimum Gasteiger partial charge on any atom is -0.353 e. The number of nitrogens with zero attached hydrogens (tertiary/aromatic N) is 6. The van der Waals surface area contributed by atoms with Crippen molar-refractivity contribution in [1.29, 1.82) is 5.26 Å². The quantitative estimate of drug-likeness (QED) is 0.716. The highest BCUT2D eigenvalue weighted by Crippen LogP contribution is 2.36. The zero-order valence-corrected chi connectivity index (χ0v) is 15.9. The average Bonchev–Trinajstić information content (AvgIpc) is 3.42. The van der Waals surface area contributed by atoms with Crippen LogP contribution in [-0.4, -0.2) is 30.9 Å². The molecule has 0 aromatic carbocycles. The third-order valence-corrected chi connectivity index (χ3v) is 5.49. The molecule has 7 nitrogen and oxygen atoms in total. The molecule has 0 amide bonds. The maximum absolute atomic E-state index is 9.30. The van der Waals surface area contributed by atoms with E-state index in [1.807, 2.05) is 47.6 Å². The van der Waals surface area contributed by atoms with Gasteiger partial charge in [0.2, 0.25) is 5.95 Å². The molecule has 0 aliphatic heterocycles. The summed E-state index contributed by atoms with van der Waals surface area (Å²) in [5, 5.41) is 21.7. The number of nitrogens with one attached hydrogen (secondary N) is 1. The van der Waals surface area contributed by atoms with E-state index >= 15 is 0 Å². The summed E-state index contributed by atoms with van der Waals surface area (Å²) in [5.41, 5.74) is 3.85. The van der Waals surface area contributed by atoms with Crippen LogP contribution in [0.1, 0.15) is 50.8 Å². The fourth-order valence-electron chi connectivity index (χ4n) is 4.12. The molecule has 0 radical (unpaired) electrons. The normalized spacial score (nSPS) is 15.9. The first kappa shape index (κ1) is 17.5. The van der Waals surface area contributed by atoms with Crippen molar-refractivity contribution >= 4 is 11.5 Å². The Kier molecular flexibility index (Phi) is 4.80. The molecule has 27 heavy (non-hydrogen) atoms. The average molecular weight is 363 g/mol. The molecule has 1 aliphatic carbocycles. The molecule has 3 aromatic heterocycles. The van der Waals surface area contributed by atoms with E-state index in [-0.39, 0.29) is 6.04 Å². The van der Waals surface area contributed by atoms with Gasteiger partial charge in [0.25, 0.3) is 0 Å². The Bertz CT molecular complexity index is 972. The van der Waals surface area contributed by atoms with Crippen molar-refractivity contribution in [3.63, 3.8) is 0 Å². The van der Waals surface area contributed by atoms with Crippen molar-refractivity contribution in [3.8, 4) is 17.3 Å². The molecule has 3 aromatic rings. The third kappa shape index (κ3) is 3.27. The van der Waals surface area contributed by atoms with Crippen molar-refractivity contribution in [2.45, 2.75) is 52.0 Å². The Hall–Kier alpha value is -2.88. The molecule has 0 saturated heterocycles. The van der Waals surface area contributed by atoms with Crippen LogP contribution in [0.2, 0.25) is 0 Å². The number of aromatic nitrogens is 5. The van der Waals surface area contributed by atoms with Gasteiger partial charge in [-0.05, 0) is 44.7 Å². The van der Waals surface area contributed by atoms with E-state index in [1.165, 1.54) is 25.7 Å². The zero-order chi connectivity index (χ0) is 18.8. The fourth-order valence-corrected chi connectivity index (χ4v) is 4.12. The van der Waals surface area contributed by atoms with E-state index < -0.39 is 0 Å². The largest absolute Gasteiger partial charge is 0.353 e. The highest BCUT2D eigenvalue weighted by Gasteiger charge is 2.27. The predicted octanol–water partition coefficient (Wildman–Crippen LogP) is 3.98. The van der Waals surface area contributed by atoms with Crippen LogP contribution in [0.4, 0.5) is 5.95 Å². The zero-order valence-electron chi connectivity index (χ0n) is 15.9. The molecule has 7 heteroatoms. The summed E-state index contributed by atoms with van der Waals surface area (Å²) in [5.74, 6) is 1.15. The van der Waals surface area contributed by atoms with Gasteiger partial charge >= 0.3 is 0 Å². The fraction of sp³-hybridized carbons (Fsp3) is 0.500. The van der Waals surface area contributed by atoms with Gasteiger partial charge in [0.15, 0.2) is 0 Å². The van der Waals surface area contributed by atoms with Crippen molar-refractivity contribution in [2.75, 3.05) is 11.9 Å². The number of rotatable bonds is 6. The lowest BCUT2D eigenvalue weighted by Crippen LogP contribution is -2.17. The molecule has 3 heterocycles. The van der Waals surface area contributed by atoms with Crippen LogP contribution in [0.25, 0.3) is 16.8 Å². The summed E-state index contributed by atoms with van der Waals surface area (Å²) in [6, 6.07) is 6.58. The maximum Gasteiger partial charge on any atom is 0.241 e. The Morgan fingerprint density at radius 2 is 2.15 bits per heavy atom. The van der Waals surface area contributed by atoms with Crippen LogP contribution in [0.15, 0.2) is 24.5 Å². The minimum absolute atomic E-state index is 0.144. The van der Waals surface area contributed by atoms with Crippen LogP contribution < -0.4 is 5.32 Å². The van der Waals surface area contributed by atoms with Gasteiger partial charge in [-0.2, -0.15) is 10.4 Å². The lowest BCUT2D eigenvalue weighted by Gasteiger charge is -2.21. The lowest BCUT2D eigenvalue weighted by molar-refractivity contribution is 0.315. The Morgan fingerprint density at radius 3 is 2.89 bits per heavy atom. The second-order valence-electron chi connectivity index (χ2n) is 7.27. The summed E-state index contributed by atoms with van der Waals surface area (Å²) < 4.78 is 3.90. The van der Waals surface area contributed by atoms with E-state index in [0.29, 0.717) is 18.3 Å². The monoisotopic (exact) mass is 363 g/mol. The van der Waals surface area contributed by atoms with Gasteiger partial charge < -0.3 is 5.32 Å². The van der Waals surface area contributed by atoms with Gasteiger partial charge in [-0.1, -0.05) is 12.8 Å². The van der Waals surface area contributed by atoms with Crippen LogP contribution in [-0.2, 0) is 0 Å². The molecule has 1 unspecified atom stereocenters. The van der Waals surface area contributed by atoms with E-state index in [9.17, 15) is 5.26 Å². The highest BCUT2D eigenvalue weighted by molar-refractivity contribution is 5.77. The van der Waals surface area contributed by atoms with Gasteiger partial charge in [0.05, 0.1) is 30.2 Å². The maximum atomic E-state index is 9.30. The number of hydrogen-bond donors (Lipinski definition) is 1. The molecule has 140 valence electrons. The van der Waals surface area contributed by atoms with Gasteiger partial charge in [-0.15, -0.1) is 5.10 Å². The van der Waals surface area contributed by atoms with Crippen LogP contribution >= 0.6 is 0 Å². The van der Waals surface area contributed by atoms with E-state index in [4.69, 9.17) is 4.98 Å². The molecule has 1 atom stereocenters. The van der Waals surface area contributed by atoms with Crippen LogP contribution in [0, 0.1) is 24.2 Å². The predicted molar refractivity (Wildman–Crippen MR) is 104 cm³/mol. The Morgan fingerprint density at radius 1 is 1.33 bits per heavy atom. The van der Waals surface area contributed by atoms with Crippen molar-refractivity contribution in [3.05, 3.63) is 30.2 Å². The number of nitriles is 1. The van der Waals surface area contributed by atoms with E-state index in [1.54, 1.807) is 0 Å². The van der Waals surface area contributed by atoms with Crippen molar-refractivity contribution in [2.24, 2.45) is 5.92 Å².